The van der Waals surface area contributed by atoms with E-state index in [0.29, 0.717) is 96.9 Å². The van der Waals surface area contributed by atoms with Crippen molar-refractivity contribution in [2.24, 2.45) is 110 Å². The molecular formula is C84H131N5O8. The van der Waals surface area contributed by atoms with Crippen LogP contribution in [-0.4, -0.2) is 133 Å². The Morgan fingerprint density at radius 1 is 0.526 bits per heavy atom. The zero-order chi connectivity index (χ0) is 69.6. The van der Waals surface area contributed by atoms with Gasteiger partial charge in [0.15, 0.2) is 0 Å². The summed E-state index contributed by atoms with van der Waals surface area (Å²) in [6.07, 6.45) is 34.4. The molecule has 2 aromatic rings. The highest BCUT2D eigenvalue weighted by Crippen LogP contribution is 2.69. The minimum Gasteiger partial charge on any atom is -0.391 e. The summed E-state index contributed by atoms with van der Waals surface area (Å²) < 4.78 is 11.5. The second-order valence-electron chi connectivity index (χ2n) is 34.5. The molecular weight excluding hydrogens is 1210 g/mol. The molecule has 6 N–H and O–H groups in total. The number of rotatable bonds is 28. The van der Waals surface area contributed by atoms with E-state index in [9.17, 15) is 29.4 Å². The van der Waals surface area contributed by atoms with Gasteiger partial charge in [0.2, 0.25) is 0 Å². The first-order valence-electron chi connectivity index (χ1n) is 39.3. The Kier molecular flexibility index (Phi) is 25.7. The van der Waals surface area contributed by atoms with Gasteiger partial charge >= 0.3 is 0 Å². The van der Waals surface area contributed by atoms with Crippen molar-refractivity contribution >= 4 is 23.6 Å². The number of aliphatic hydroxyl groups is 2. The Morgan fingerprint density at radius 3 is 1.43 bits per heavy atom. The molecule has 2 aromatic carbocycles. The van der Waals surface area contributed by atoms with Crippen LogP contribution >= 0.6 is 0 Å². The van der Waals surface area contributed by atoms with Gasteiger partial charge < -0.3 is 31.2 Å². The number of ether oxygens (including phenoxy) is 2. The standard InChI is InChI=1S/C44H69N3O5.C39H57NO3.CH5N/c1-30(2)9-8-10-31(3)38-15-16-39-37-14-13-32-27-33(17-19-43(32,4)40(37)18-20-44(38,39)5)46(22-24-52-26-25-51-23-21-45)28-34(48)29-47-41(49)35-11-6-7-12-36(35)42(47)50;1-25(2)9-8-10-26(3)33-17-18-34-32-16-14-28-23-27(19-21-38(28,4)35(32)20-22-39(33,34)5)13-15-29(41)24-40-36(42)30-11-6-7-12-31(30)37(40)43;1-2/h6-7,11-13,30-31,33-34,37-40,48H,8-10,14-29,45H2,1-5H3;6-7,11-12,14,25-27,29,32-35,41H,8-10,13,15-24H2,1-5H3;2H2,1H3. The maximum absolute atomic E-state index is 13.1. The molecule has 18 unspecified atom stereocenters. The zero-order valence-electron chi connectivity index (χ0n) is 62.2. The van der Waals surface area contributed by atoms with Gasteiger partial charge in [0, 0.05) is 25.7 Å². The van der Waals surface area contributed by atoms with Crippen molar-refractivity contribution in [3.63, 3.8) is 0 Å². The van der Waals surface area contributed by atoms with Crippen LogP contribution in [0.25, 0.3) is 0 Å². The van der Waals surface area contributed by atoms with E-state index >= 15 is 0 Å². The number of hydrogen-bond acceptors (Lipinski definition) is 11. The molecule has 2 heterocycles. The molecule has 6 fully saturated rings. The summed E-state index contributed by atoms with van der Waals surface area (Å²) in [6.45, 7) is 28.8. The molecule has 0 radical (unpaired) electrons. The summed E-state index contributed by atoms with van der Waals surface area (Å²) in [5.41, 5.74) is 16.8. The van der Waals surface area contributed by atoms with Gasteiger partial charge in [0.1, 0.15) is 0 Å². The molecule has 12 rings (SSSR count). The lowest BCUT2D eigenvalue weighted by Gasteiger charge is -2.59. The van der Waals surface area contributed by atoms with Crippen LogP contribution < -0.4 is 11.5 Å². The Hall–Kier alpha value is -4.08. The summed E-state index contributed by atoms with van der Waals surface area (Å²) in [6, 6.07) is 14.2. The van der Waals surface area contributed by atoms with Crippen molar-refractivity contribution in [1.82, 2.24) is 14.7 Å². The number of aliphatic hydroxyl groups excluding tert-OH is 2. The summed E-state index contributed by atoms with van der Waals surface area (Å²) in [7, 11) is 1.50. The molecule has 4 amide bonds. The number of hydrogen-bond donors (Lipinski definition) is 4. The smallest absolute Gasteiger partial charge is 0.261 e. The highest BCUT2D eigenvalue weighted by Gasteiger charge is 2.61. The third-order valence-corrected chi connectivity index (χ3v) is 28.3. The van der Waals surface area contributed by atoms with Crippen LogP contribution in [0.2, 0.25) is 0 Å². The van der Waals surface area contributed by atoms with Crippen molar-refractivity contribution in [3.05, 3.63) is 94.1 Å². The number of carbonyl (C=O) groups excluding carboxylic acids is 4. The molecule has 0 bridgehead atoms. The molecule has 97 heavy (non-hydrogen) atoms. The Labute approximate surface area is 586 Å². The molecule has 0 spiro atoms. The van der Waals surface area contributed by atoms with Gasteiger partial charge in [-0.1, -0.05) is 155 Å². The molecule has 13 heteroatoms. The van der Waals surface area contributed by atoms with E-state index < -0.39 is 12.2 Å². The van der Waals surface area contributed by atoms with E-state index in [4.69, 9.17) is 15.2 Å². The molecule has 13 nitrogen and oxygen atoms in total. The van der Waals surface area contributed by atoms with E-state index in [2.05, 4.69) is 92.0 Å². The average Bonchev–Trinajstić information content (AvgIpc) is 1.70. The Balaban J connectivity index is 0.000000209. The maximum atomic E-state index is 13.1. The lowest BCUT2D eigenvalue weighted by molar-refractivity contribution is -0.0569. The Morgan fingerprint density at radius 2 is 0.969 bits per heavy atom. The number of nitrogens with zero attached hydrogens (tertiary/aromatic N) is 3. The molecule has 0 aromatic heterocycles. The van der Waals surface area contributed by atoms with Gasteiger partial charge in [-0.15, -0.1) is 0 Å². The predicted molar refractivity (Wildman–Crippen MR) is 391 cm³/mol. The summed E-state index contributed by atoms with van der Waals surface area (Å²) in [5.74, 6) is 9.48. The molecule has 540 valence electrons. The first-order valence-corrected chi connectivity index (χ1v) is 39.3. The Bertz CT molecular complexity index is 2980. The topological polar surface area (TPSA) is 189 Å². The second-order valence-corrected chi connectivity index (χ2v) is 34.5. The van der Waals surface area contributed by atoms with Crippen LogP contribution in [0.3, 0.4) is 0 Å². The monoisotopic (exact) mass is 1340 g/mol. The van der Waals surface area contributed by atoms with E-state index in [1.807, 2.05) is 0 Å². The number of carbonyl (C=O) groups is 4. The summed E-state index contributed by atoms with van der Waals surface area (Å²) in [5, 5.41) is 22.3. The van der Waals surface area contributed by atoms with Crippen molar-refractivity contribution < 1.29 is 38.9 Å². The molecule has 0 saturated heterocycles. The van der Waals surface area contributed by atoms with E-state index in [1.54, 1.807) is 59.7 Å². The van der Waals surface area contributed by atoms with E-state index in [1.165, 1.54) is 139 Å². The molecule has 8 aliphatic carbocycles. The highest BCUT2D eigenvalue weighted by atomic mass is 16.5. The lowest BCUT2D eigenvalue weighted by atomic mass is 9.46. The van der Waals surface area contributed by atoms with Crippen LogP contribution in [0.15, 0.2) is 71.8 Å². The van der Waals surface area contributed by atoms with E-state index in [-0.39, 0.29) is 48.2 Å². The zero-order valence-corrected chi connectivity index (χ0v) is 62.2. The third-order valence-electron chi connectivity index (χ3n) is 28.3. The number of benzene rings is 2. The van der Waals surface area contributed by atoms with Crippen molar-refractivity contribution in [3.8, 4) is 0 Å². The minimum absolute atomic E-state index is 0.00892. The number of allylic oxidation sites excluding steroid dienone is 3. The highest BCUT2D eigenvalue weighted by molar-refractivity contribution is 6.22. The van der Waals surface area contributed by atoms with Crippen LogP contribution in [0.1, 0.15) is 265 Å². The normalized spacial score (nSPS) is 33.7. The van der Waals surface area contributed by atoms with Gasteiger partial charge in [0.05, 0.1) is 74.0 Å². The molecule has 6 saturated carbocycles. The van der Waals surface area contributed by atoms with Crippen LogP contribution in [0.5, 0.6) is 0 Å². The van der Waals surface area contributed by atoms with Crippen LogP contribution in [0, 0.1) is 98.6 Å². The van der Waals surface area contributed by atoms with Gasteiger partial charge in [-0.25, -0.2) is 0 Å². The first-order chi connectivity index (χ1) is 46.5. The van der Waals surface area contributed by atoms with Crippen molar-refractivity contribution in [2.45, 2.75) is 242 Å². The molecule has 18 atom stereocenters. The number of amides is 4. The summed E-state index contributed by atoms with van der Waals surface area (Å²) in [4.78, 5) is 56.5. The number of nitrogens with two attached hydrogens (primary N) is 2. The molecule has 2 aliphatic heterocycles. The number of fused-ring (bicyclic) bond motifs is 12. The minimum atomic E-state index is -0.854. The van der Waals surface area contributed by atoms with Crippen molar-refractivity contribution in [1.29, 1.82) is 0 Å². The first kappa shape index (κ1) is 75.6. The fraction of sp³-hybridized carbons (Fsp3) is 0.762. The quantitative estimate of drug-likeness (QED) is 0.0360. The maximum Gasteiger partial charge on any atom is 0.261 e. The fourth-order valence-electron chi connectivity index (χ4n) is 23.1. The predicted octanol–water partition coefficient (Wildman–Crippen LogP) is 16.0. The van der Waals surface area contributed by atoms with Gasteiger partial charge in [-0.2, -0.15) is 0 Å². The van der Waals surface area contributed by atoms with Gasteiger partial charge in [0.25, 0.3) is 23.6 Å². The van der Waals surface area contributed by atoms with Crippen molar-refractivity contribution in [2.75, 3.05) is 66.2 Å². The molecule has 10 aliphatic rings. The fourth-order valence-corrected chi connectivity index (χ4v) is 23.1. The SMILES string of the molecule is CC(C)CCCC(C)C1CCC2C3CC=C4CC(CCC(O)CN5C(=O)c6ccccc6C5=O)CCC4(C)C3CCC12C.CC(C)CCCC(C)C1CCC2C3CC=C4CC(N(CCOCCOCCN)CC(O)CN5C(=O)c6ccccc6C5=O)CCC4(C)C3CCC12C.CN. The largest absolute Gasteiger partial charge is 0.391 e. The van der Waals surface area contributed by atoms with Crippen LogP contribution in [0.4, 0.5) is 0 Å². The van der Waals surface area contributed by atoms with Crippen LogP contribution in [-0.2, 0) is 9.47 Å². The summed E-state index contributed by atoms with van der Waals surface area (Å²) >= 11 is 0. The van der Waals surface area contributed by atoms with E-state index in [0.717, 1.165) is 96.7 Å². The average molecular weight is 1340 g/mol. The number of β-amino-alcohol motifs (C(OH)–C–C–N with tert-alkyl or cyclic N) is 2. The second kappa shape index (κ2) is 32.9. The lowest BCUT2D eigenvalue weighted by Crippen LogP contribution is -2.53. The van der Waals surface area contributed by atoms with Gasteiger partial charge in [-0.05, 0) is 245 Å². The van der Waals surface area contributed by atoms with Gasteiger partial charge in [-0.3, -0.25) is 33.9 Å². The number of imide groups is 2. The third kappa shape index (κ3) is 15.9.